The molecule has 0 aromatic heterocycles. The van der Waals surface area contributed by atoms with Gasteiger partial charge in [0.2, 0.25) is 0 Å². The van der Waals surface area contributed by atoms with Crippen LogP contribution in [0.25, 0.3) is 0 Å². The van der Waals surface area contributed by atoms with Crippen LogP contribution >= 0.6 is 0 Å². The molecule has 1 heterocycles. The minimum Gasteiger partial charge on any atom is -0.387 e. The zero-order valence-electron chi connectivity index (χ0n) is 12.9. The Labute approximate surface area is 130 Å². The van der Waals surface area contributed by atoms with E-state index in [1.54, 1.807) is 0 Å². The van der Waals surface area contributed by atoms with Gasteiger partial charge in [0.05, 0.1) is 6.10 Å². The number of hydrogen-bond donors (Lipinski definition) is 3. The van der Waals surface area contributed by atoms with Crippen LogP contribution in [0.15, 0.2) is 24.3 Å². The van der Waals surface area contributed by atoms with Crippen LogP contribution in [0.4, 0.5) is 9.18 Å². The molecule has 122 valence electrons. The fourth-order valence-electron chi connectivity index (χ4n) is 2.81. The van der Waals surface area contributed by atoms with Gasteiger partial charge in [-0.05, 0) is 43.6 Å². The highest BCUT2D eigenvalue weighted by Crippen LogP contribution is 2.15. The van der Waals surface area contributed by atoms with Crippen LogP contribution < -0.4 is 10.6 Å². The van der Waals surface area contributed by atoms with Gasteiger partial charge in [0.15, 0.2) is 0 Å². The summed E-state index contributed by atoms with van der Waals surface area (Å²) in [4.78, 5) is 14.1. The molecule has 3 N–H and O–H groups in total. The fraction of sp³-hybridized carbons (Fsp3) is 0.562. The van der Waals surface area contributed by atoms with Crippen molar-refractivity contribution in [1.29, 1.82) is 0 Å². The zero-order chi connectivity index (χ0) is 15.9. The monoisotopic (exact) mass is 309 g/mol. The number of urea groups is 1. The third-order valence-corrected chi connectivity index (χ3v) is 4.11. The SMILES string of the molecule is CCN1CCCC1CNC(=O)NCC(O)c1ccc(F)cc1. The molecule has 1 aromatic rings. The van der Waals surface area contributed by atoms with Crippen molar-refractivity contribution in [3.8, 4) is 0 Å². The van der Waals surface area contributed by atoms with E-state index in [0.29, 0.717) is 18.2 Å². The van der Waals surface area contributed by atoms with Crippen molar-refractivity contribution in [2.24, 2.45) is 0 Å². The average Bonchev–Trinajstić information content (AvgIpc) is 2.98. The summed E-state index contributed by atoms with van der Waals surface area (Å²) in [5, 5.41) is 15.4. The molecule has 6 heteroatoms. The summed E-state index contributed by atoms with van der Waals surface area (Å²) < 4.78 is 12.8. The van der Waals surface area contributed by atoms with Crippen LogP contribution in [0.1, 0.15) is 31.4 Å². The Morgan fingerprint density at radius 1 is 1.41 bits per heavy atom. The van der Waals surface area contributed by atoms with Crippen LogP contribution in [0, 0.1) is 5.82 Å². The van der Waals surface area contributed by atoms with E-state index in [9.17, 15) is 14.3 Å². The Hall–Kier alpha value is -1.66. The highest BCUT2D eigenvalue weighted by Gasteiger charge is 2.23. The summed E-state index contributed by atoms with van der Waals surface area (Å²) >= 11 is 0. The van der Waals surface area contributed by atoms with Crippen molar-refractivity contribution in [2.45, 2.75) is 31.9 Å². The maximum atomic E-state index is 12.8. The lowest BCUT2D eigenvalue weighted by Crippen LogP contribution is -2.44. The number of hydrogen-bond acceptors (Lipinski definition) is 3. The first-order chi connectivity index (χ1) is 10.6. The van der Waals surface area contributed by atoms with E-state index in [4.69, 9.17) is 0 Å². The quantitative estimate of drug-likeness (QED) is 0.748. The number of likely N-dealkylation sites (tertiary alicyclic amines) is 1. The van der Waals surface area contributed by atoms with Crippen LogP contribution in [0.2, 0.25) is 0 Å². The third-order valence-electron chi connectivity index (χ3n) is 4.11. The number of aliphatic hydroxyl groups is 1. The van der Waals surface area contributed by atoms with Gasteiger partial charge in [-0.2, -0.15) is 0 Å². The molecule has 1 aliphatic rings. The largest absolute Gasteiger partial charge is 0.387 e. The van der Waals surface area contributed by atoms with Crippen LogP contribution in [-0.4, -0.2) is 48.3 Å². The van der Waals surface area contributed by atoms with E-state index in [-0.39, 0.29) is 18.4 Å². The van der Waals surface area contributed by atoms with Crippen molar-refractivity contribution in [3.05, 3.63) is 35.6 Å². The van der Waals surface area contributed by atoms with E-state index in [2.05, 4.69) is 22.5 Å². The zero-order valence-corrected chi connectivity index (χ0v) is 12.9. The average molecular weight is 309 g/mol. The second-order valence-corrected chi connectivity index (χ2v) is 5.58. The Morgan fingerprint density at radius 3 is 2.82 bits per heavy atom. The van der Waals surface area contributed by atoms with E-state index < -0.39 is 6.10 Å². The van der Waals surface area contributed by atoms with Gasteiger partial charge in [0.1, 0.15) is 5.82 Å². The predicted octanol–water partition coefficient (Wildman–Crippen LogP) is 1.64. The van der Waals surface area contributed by atoms with Crippen LogP contribution in [0.5, 0.6) is 0 Å². The maximum absolute atomic E-state index is 12.8. The molecule has 1 fully saturated rings. The van der Waals surface area contributed by atoms with Gasteiger partial charge < -0.3 is 15.7 Å². The van der Waals surface area contributed by atoms with Gasteiger partial charge in [-0.1, -0.05) is 19.1 Å². The van der Waals surface area contributed by atoms with Gasteiger partial charge >= 0.3 is 6.03 Å². The summed E-state index contributed by atoms with van der Waals surface area (Å²) in [5.74, 6) is -0.348. The molecule has 1 aromatic carbocycles. The summed E-state index contributed by atoms with van der Waals surface area (Å²) in [7, 11) is 0. The molecule has 2 atom stereocenters. The number of nitrogens with one attached hydrogen (secondary N) is 2. The molecule has 2 unspecified atom stereocenters. The number of likely N-dealkylation sites (N-methyl/N-ethyl adjacent to an activating group) is 1. The van der Waals surface area contributed by atoms with Crippen molar-refractivity contribution in [1.82, 2.24) is 15.5 Å². The number of carbonyl (C=O) groups is 1. The Kier molecular flexibility index (Phi) is 6.15. The summed E-state index contributed by atoms with van der Waals surface area (Å²) in [6.07, 6.45) is 1.43. The lowest BCUT2D eigenvalue weighted by Gasteiger charge is -2.23. The molecule has 2 amide bonds. The van der Waals surface area contributed by atoms with Crippen molar-refractivity contribution >= 4 is 6.03 Å². The second-order valence-electron chi connectivity index (χ2n) is 5.58. The van der Waals surface area contributed by atoms with Gasteiger partial charge in [0.25, 0.3) is 0 Å². The summed E-state index contributed by atoms with van der Waals surface area (Å²) in [6, 6.07) is 5.71. The maximum Gasteiger partial charge on any atom is 0.314 e. The normalized spacial score (nSPS) is 19.9. The Morgan fingerprint density at radius 2 is 2.14 bits per heavy atom. The Bertz CT molecular complexity index is 481. The molecular formula is C16H24FN3O2. The third kappa shape index (κ3) is 4.68. The summed E-state index contributed by atoms with van der Waals surface area (Å²) in [5.41, 5.74) is 0.578. The highest BCUT2D eigenvalue weighted by molar-refractivity contribution is 5.73. The molecule has 2 rings (SSSR count). The molecular weight excluding hydrogens is 285 g/mol. The molecule has 5 nitrogen and oxygen atoms in total. The van der Waals surface area contributed by atoms with Crippen LogP contribution in [0.3, 0.4) is 0 Å². The number of rotatable bonds is 6. The minimum atomic E-state index is -0.843. The van der Waals surface area contributed by atoms with E-state index in [1.807, 2.05) is 0 Å². The van der Waals surface area contributed by atoms with E-state index >= 15 is 0 Å². The smallest absolute Gasteiger partial charge is 0.314 e. The molecule has 1 saturated heterocycles. The molecule has 1 aliphatic heterocycles. The second kappa shape index (κ2) is 8.10. The molecule has 22 heavy (non-hydrogen) atoms. The Balaban J connectivity index is 1.70. The van der Waals surface area contributed by atoms with Gasteiger partial charge in [0, 0.05) is 19.1 Å². The van der Waals surface area contributed by atoms with Crippen molar-refractivity contribution in [3.63, 3.8) is 0 Å². The lowest BCUT2D eigenvalue weighted by molar-refractivity contribution is 0.172. The highest BCUT2D eigenvalue weighted by atomic mass is 19.1. The first-order valence-electron chi connectivity index (χ1n) is 7.79. The van der Waals surface area contributed by atoms with Crippen molar-refractivity contribution in [2.75, 3.05) is 26.2 Å². The minimum absolute atomic E-state index is 0.0968. The number of aliphatic hydroxyl groups excluding tert-OH is 1. The predicted molar refractivity (Wildman–Crippen MR) is 83.0 cm³/mol. The lowest BCUT2D eigenvalue weighted by atomic mass is 10.1. The number of carbonyl (C=O) groups excluding carboxylic acids is 1. The van der Waals surface area contributed by atoms with Gasteiger partial charge in [-0.15, -0.1) is 0 Å². The molecule has 0 bridgehead atoms. The molecule has 0 saturated carbocycles. The topological polar surface area (TPSA) is 64.6 Å². The standard InChI is InChI=1S/C16H24FN3O2/c1-2-20-9-3-4-14(20)10-18-16(22)19-11-15(21)12-5-7-13(17)8-6-12/h5-8,14-15,21H,2-4,9-11H2,1H3,(H2,18,19,22). The van der Waals surface area contributed by atoms with Gasteiger partial charge in [-0.3, -0.25) is 4.90 Å². The molecule has 0 aliphatic carbocycles. The van der Waals surface area contributed by atoms with E-state index in [0.717, 1.165) is 19.5 Å². The molecule has 0 radical (unpaired) electrons. The summed E-state index contributed by atoms with van der Waals surface area (Å²) in [6.45, 7) is 4.92. The van der Waals surface area contributed by atoms with E-state index in [1.165, 1.54) is 30.7 Å². The fourth-order valence-corrected chi connectivity index (χ4v) is 2.81. The number of halogens is 1. The number of nitrogens with zero attached hydrogens (tertiary/aromatic N) is 1. The van der Waals surface area contributed by atoms with Crippen LogP contribution in [-0.2, 0) is 0 Å². The first kappa shape index (κ1) is 16.7. The number of amides is 2. The van der Waals surface area contributed by atoms with Gasteiger partial charge in [-0.25, -0.2) is 9.18 Å². The number of benzene rings is 1. The first-order valence-corrected chi connectivity index (χ1v) is 7.79. The molecule has 0 spiro atoms. The van der Waals surface area contributed by atoms with Crippen molar-refractivity contribution < 1.29 is 14.3 Å².